The highest BCUT2D eigenvalue weighted by atomic mass is 16.3. The molecule has 2 rings (SSSR count). The largest absolute Gasteiger partial charge is 0.396 e. The second-order valence-electron chi connectivity index (χ2n) is 7.09. The zero-order valence-corrected chi connectivity index (χ0v) is 14.8. The van der Waals surface area contributed by atoms with Gasteiger partial charge in [0.05, 0.1) is 0 Å². The standard InChI is InChI=1S/C19H28N2O3/c1-13(2)10-17(19(24)21-9-8-15(11-21)12-22)20-18(23)16-7-5-4-6-14(16)3/h4-7,13,15,17,22H,8-12H2,1-3H3,(H,20,23). The van der Waals surface area contributed by atoms with Crippen molar-refractivity contribution in [3.63, 3.8) is 0 Å². The number of aliphatic hydroxyl groups is 1. The molecule has 1 saturated heterocycles. The number of aryl methyl sites for hydroxylation is 1. The second kappa shape index (κ2) is 8.29. The van der Waals surface area contributed by atoms with Gasteiger partial charge in [-0.25, -0.2) is 0 Å². The summed E-state index contributed by atoms with van der Waals surface area (Å²) in [7, 11) is 0. The normalized spacial score (nSPS) is 18.7. The predicted octanol–water partition coefficient (Wildman–Crippen LogP) is 1.98. The highest BCUT2D eigenvalue weighted by molar-refractivity contribution is 5.98. The van der Waals surface area contributed by atoms with Gasteiger partial charge in [0.25, 0.3) is 5.91 Å². The van der Waals surface area contributed by atoms with Crippen molar-refractivity contribution < 1.29 is 14.7 Å². The molecule has 1 fully saturated rings. The van der Waals surface area contributed by atoms with Gasteiger partial charge in [-0.15, -0.1) is 0 Å². The van der Waals surface area contributed by atoms with Gasteiger partial charge in [0, 0.05) is 31.2 Å². The summed E-state index contributed by atoms with van der Waals surface area (Å²) >= 11 is 0. The number of hydrogen-bond donors (Lipinski definition) is 2. The average Bonchev–Trinajstić information content (AvgIpc) is 3.02. The minimum absolute atomic E-state index is 0.0402. The molecule has 2 atom stereocenters. The fourth-order valence-electron chi connectivity index (χ4n) is 3.16. The van der Waals surface area contributed by atoms with Gasteiger partial charge in [-0.3, -0.25) is 9.59 Å². The van der Waals surface area contributed by atoms with Gasteiger partial charge in [-0.1, -0.05) is 32.0 Å². The minimum atomic E-state index is -0.519. The van der Waals surface area contributed by atoms with Crippen LogP contribution in [0.4, 0.5) is 0 Å². The van der Waals surface area contributed by atoms with Crippen LogP contribution in [0.15, 0.2) is 24.3 Å². The van der Waals surface area contributed by atoms with Gasteiger partial charge in [0.15, 0.2) is 0 Å². The van der Waals surface area contributed by atoms with Gasteiger partial charge >= 0.3 is 0 Å². The molecule has 5 nitrogen and oxygen atoms in total. The Kier molecular flexibility index (Phi) is 6.37. The van der Waals surface area contributed by atoms with Crippen LogP contribution in [0.1, 0.15) is 42.6 Å². The molecule has 1 aromatic carbocycles. The van der Waals surface area contributed by atoms with E-state index in [2.05, 4.69) is 5.32 Å². The van der Waals surface area contributed by atoms with E-state index in [1.807, 2.05) is 39.0 Å². The minimum Gasteiger partial charge on any atom is -0.396 e. The van der Waals surface area contributed by atoms with Crippen molar-refractivity contribution in [1.29, 1.82) is 0 Å². The summed E-state index contributed by atoms with van der Waals surface area (Å²) in [4.78, 5) is 27.2. The third-order valence-electron chi connectivity index (χ3n) is 4.56. The second-order valence-corrected chi connectivity index (χ2v) is 7.09. The summed E-state index contributed by atoms with van der Waals surface area (Å²) in [5, 5.41) is 12.2. The molecule has 1 heterocycles. The van der Waals surface area contributed by atoms with E-state index in [0.717, 1.165) is 12.0 Å². The van der Waals surface area contributed by atoms with Crippen LogP contribution in [0.2, 0.25) is 0 Å². The van der Waals surface area contributed by atoms with E-state index in [4.69, 9.17) is 0 Å². The van der Waals surface area contributed by atoms with E-state index < -0.39 is 6.04 Å². The van der Waals surface area contributed by atoms with Crippen LogP contribution in [0.3, 0.4) is 0 Å². The first-order valence-corrected chi connectivity index (χ1v) is 8.68. The lowest BCUT2D eigenvalue weighted by Crippen LogP contribution is -2.48. The Morgan fingerprint density at radius 2 is 2.04 bits per heavy atom. The van der Waals surface area contributed by atoms with Gasteiger partial charge in [0.1, 0.15) is 6.04 Å². The molecule has 2 unspecified atom stereocenters. The number of benzene rings is 1. The van der Waals surface area contributed by atoms with E-state index in [-0.39, 0.29) is 24.3 Å². The van der Waals surface area contributed by atoms with E-state index in [0.29, 0.717) is 31.0 Å². The van der Waals surface area contributed by atoms with Gasteiger partial charge in [0.2, 0.25) is 5.91 Å². The lowest BCUT2D eigenvalue weighted by molar-refractivity contribution is -0.132. The molecular formula is C19H28N2O3. The van der Waals surface area contributed by atoms with Crippen molar-refractivity contribution in [2.24, 2.45) is 11.8 Å². The number of nitrogens with zero attached hydrogens (tertiary/aromatic N) is 1. The number of hydrogen-bond acceptors (Lipinski definition) is 3. The van der Waals surface area contributed by atoms with Crippen LogP contribution in [0.5, 0.6) is 0 Å². The topological polar surface area (TPSA) is 69.6 Å². The van der Waals surface area contributed by atoms with E-state index in [1.54, 1.807) is 11.0 Å². The van der Waals surface area contributed by atoms with Crippen LogP contribution >= 0.6 is 0 Å². The first-order chi connectivity index (χ1) is 11.4. The van der Waals surface area contributed by atoms with Crippen molar-refractivity contribution in [2.75, 3.05) is 19.7 Å². The zero-order valence-electron chi connectivity index (χ0n) is 14.8. The lowest BCUT2D eigenvalue weighted by atomic mass is 10.0. The third kappa shape index (κ3) is 4.57. The van der Waals surface area contributed by atoms with E-state index in [9.17, 15) is 14.7 Å². The smallest absolute Gasteiger partial charge is 0.252 e. The molecule has 2 N–H and O–H groups in total. The fourth-order valence-corrected chi connectivity index (χ4v) is 3.16. The predicted molar refractivity (Wildman–Crippen MR) is 93.7 cm³/mol. The molecule has 1 aliphatic rings. The summed E-state index contributed by atoms with van der Waals surface area (Å²) in [5.41, 5.74) is 1.50. The van der Waals surface area contributed by atoms with Crippen molar-refractivity contribution in [3.05, 3.63) is 35.4 Å². The third-order valence-corrected chi connectivity index (χ3v) is 4.56. The van der Waals surface area contributed by atoms with Crippen molar-refractivity contribution in [1.82, 2.24) is 10.2 Å². The summed E-state index contributed by atoms with van der Waals surface area (Å²) in [6, 6.07) is 6.87. The number of rotatable bonds is 6. The highest BCUT2D eigenvalue weighted by Crippen LogP contribution is 2.19. The Labute approximate surface area is 144 Å². The fraction of sp³-hybridized carbons (Fsp3) is 0.579. The van der Waals surface area contributed by atoms with Gasteiger partial charge < -0.3 is 15.3 Å². The summed E-state index contributed by atoms with van der Waals surface area (Å²) in [5.74, 6) is 0.208. The van der Waals surface area contributed by atoms with Crippen molar-refractivity contribution >= 4 is 11.8 Å². The van der Waals surface area contributed by atoms with Crippen molar-refractivity contribution in [2.45, 2.75) is 39.7 Å². The quantitative estimate of drug-likeness (QED) is 0.837. The number of likely N-dealkylation sites (tertiary alicyclic amines) is 1. The van der Waals surface area contributed by atoms with E-state index in [1.165, 1.54) is 0 Å². The molecule has 0 aromatic heterocycles. The van der Waals surface area contributed by atoms with Crippen LogP contribution in [0.25, 0.3) is 0 Å². The number of nitrogens with one attached hydrogen (secondary N) is 1. The maximum Gasteiger partial charge on any atom is 0.252 e. The van der Waals surface area contributed by atoms with Crippen LogP contribution < -0.4 is 5.32 Å². The maximum atomic E-state index is 12.8. The van der Waals surface area contributed by atoms with Crippen molar-refractivity contribution in [3.8, 4) is 0 Å². The molecule has 24 heavy (non-hydrogen) atoms. The molecule has 132 valence electrons. The Morgan fingerprint density at radius 1 is 1.33 bits per heavy atom. The molecule has 2 amide bonds. The Morgan fingerprint density at radius 3 is 2.62 bits per heavy atom. The Bertz CT molecular complexity index is 586. The number of carbonyl (C=O) groups is 2. The summed E-state index contributed by atoms with van der Waals surface area (Å²) in [6.07, 6.45) is 1.43. The number of carbonyl (C=O) groups excluding carboxylic acids is 2. The van der Waals surface area contributed by atoms with Crippen LogP contribution in [0, 0.1) is 18.8 Å². The first-order valence-electron chi connectivity index (χ1n) is 8.68. The summed E-state index contributed by atoms with van der Waals surface area (Å²) < 4.78 is 0. The molecule has 1 aromatic rings. The Hall–Kier alpha value is -1.88. The zero-order chi connectivity index (χ0) is 17.7. The molecule has 0 radical (unpaired) electrons. The highest BCUT2D eigenvalue weighted by Gasteiger charge is 2.32. The number of amides is 2. The SMILES string of the molecule is Cc1ccccc1C(=O)NC(CC(C)C)C(=O)N1CCC(CO)C1. The summed E-state index contributed by atoms with van der Waals surface area (Å²) in [6.45, 7) is 7.30. The van der Waals surface area contributed by atoms with Gasteiger partial charge in [-0.05, 0) is 37.3 Å². The molecule has 0 bridgehead atoms. The van der Waals surface area contributed by atoms with Crippen LogP contribution in [-0.2, 0) is 4.79 Å². The Balaban J connectivity index is 2.09. The monoisotopic (exact) mass is 332 g/mol. The number of aliphatic hydroxyl groups excluding tert-OH is 1. The molecule has 0 saturated carbocycles. The molecule has 0 spiro atoms. The molecule has 0 aliphatic carbocycles. The van der Waals surface area contributed by atoms with E-state index >= 15 is 0 Å². The molecule has 5 heteroatoms. The maximum absolute atomic E-state index is 12.8. The average molecular weight is 332 g/mol. The van der Waals surface area contributed by atoms with Gasteiger partial charge in [-0.2, -0.15) is 0 Å². The molecular weight excluding hydrogens is 304 g/mol. The first kappa shape index (κ1) is 18.5. The van der Waals surface area contributed by atoms with Crippen LogP contribution in [-0.4, -0.2) is 47.6 Å². The molecule has 1 aliphatic heterocycles. The lowest BCUT2D eigenvalue weighted by Gasteiger charge is -2.26.